The van der Waals surface area contributed by atoms with Gasteiger partial charge in [-0.2, -0.15) is 5.26 Å². The van der Waals surface area contributed by atoms with Crippen molar-refractivity contribution < 1.29 is 0 Å². The second-order valence-electron chi connectivity index (χ2n) is 2.75. The van der Waals surface area contributed by atoms with Gasteiger partial charge in [-0.1, -0.05) is 0 Å². The number of nitrogens with zero attached hydrogens (tertiary/aromatic N) is 3. The van der Waals surface area contributed by atoms with Crippen LogP contribution in [0.3, 0.4) is 0 Å². The molecule has 0 amide bonds. The molecule has 0 aliphatic carbocycles. The van der Waals surface area contributed by atoms with Gasteiger partial charge in [0, 0.05) is 6.07 Å². The summed E-state index contributed by atoms with van der Waals surface area (Å²) in [6.07, 6.45) is 3.20. The Morgan fingerprint density at radius 2 is 2.12 bits per heavy atom. The lowest BCUT2D eigenvalue weighted by Crippen LogP contribution is -1.96. The fourth-order valence-corrected chi connectivity index (χ4v) is 2.35. The van der Waals surface area contributed by atoms with Gasteiger partial charge in [0.1, 0.15) is 18.0 Å². The number of thiophene rings is 1. The Labute approximate surface area is 104 Å². The predicted octanol–water partition coefficient (Wildman–Crippen LogP) is 2.94. The first-order valence-electron chi connectivity index (χ1n) is 4.27. The van der Waals surface area contributed by atoms with Crippen LogP contribution in [0.15, 0.2) is 28.3 Å². The molecule has 0 aliphatic rings. The molecule has 5 nitrogen and oxygen atoms in total. The highest BCUT2D eigenvalue weighted by atomic mass is 79.9. The fraction of sp³-hybridized carbons (Fsp3) is 0. The number of halogens is 1. The summed E-state index contributed by atoms with van der Waals surface area (Å²) in [6, 6.07) is 5.55. The number of aromatic nitrogens is 2. The molecule has 0 atom stereocenters. The van der Waals surface area contributed by atoms with Gasteiger partial charge in [0.25, 0.3) is 0 Å². The molecular formula is C9H6BrN5S. The van der Waals surface area contributed by atoms with Gasteiger partial charge >= 0.3 is 0 Å². The Bertz CT molecular complexity index is 533. The first-order chi connectivity index (χ1) is 7.78. The van der Waals surface area contributed by atoms with Crippen LogP contribution in [0.25, 0.3) is 0 Å². The third-order valence-electron chi connectivity index (χ3n) is 1.68. The summed E-state index contributed by atoms with van der Waals surface area (Å²) in [4.78, 5) is 7.93. The van der Waals surface area contributed by atoms with Gasteiger partial charge in [-0.15, -0.1) is 11.3 Å². The molecule has 0 fully saturated rings. The second-order valence-corrected chi connectivity index (χ2v) is 5.22. The Hall–Kier alpha value is -1.65. The minimum absolute atomic E-state index is 0.468. The van der Waals surface area contributed by atoms with Crippen molar-refractivity contribution in [2.24, 2.45) is 0 Å². The molecule has 16 heavy (non-hydrogen) atoms. The Kier molecular flexibility index (Phi) is 3.34. The van der Waals surface area contributed by atoms with Gasteiger partial charge in [-0.25, -0.2) is 9.97 Å². The molecule has 0 bridgehead atoms. The first-order valence-corrected chi connectivity index (χ1v) is 5.88. The SMILES string of the molecule is N#CNc1cc(Nc2ccc(Br)s2)ncn1. The quantitative estimate of drug-likeness (QED) is 0.673. The van der Waals surface area contributed by atoms with Gasteiger partial charge in [-0.05, 0) is 28.1 Å². The zero-order chi connectivity index (χ0) is 11.4. The highest BCUT2D eigenvalue weighted by Crippen LogP contribution is 2.28. The summed E-state index contributed by atoms with van der Waals surface area (Å²) in [5.41, 5.74) is 0. The van der Waals surface area contributed by atoms with Crippen molar-refractivity contribution in [1.29, 1.82) is 5.26 Å². The Morgan fingerprint density at radius 1 is 1.31 bits per heavy atom. The summed E-state index contributed by atoms with van der Waals surface area (Å²) >= 11 is 4.94. The highest BCUT2D eigenvalue weighted by molar-refractivity contribution is 9.11. The number of nitrogens with one attached hydrogen (secondary N) is 2. The predicted molar refractivity (Wildman–Crippen MR) is 66.6 cm³/mol. The van der Waals surface area contributed by atoms with Crippen LogP contribution in [0, 0.1) is 11.5 Å². The van der Waals surface area contributed by atoms with E-state index in [0.29, 0.717) is 11.6 Å². The van der Waals surface area contributed by atoms with Crippen molar-refractivity contribution in [1.82, 2.24) is 9.97 Å². The van der Waals surface area contributed by atoms with Crippen LogP contribution in [0.4, 0.5) is 16.6 Å². The van der Waals surface area contributed by atoms with E-state index < -0.39 is 0 Å². The van der Waals surface area contributed by atoms with Crippen molar-refractivity contribution in [3.05, 3.63) is 28.3 Å². The molecule has 0 aromatic carbocycles. The molecule has 0 saturated heterocycles. The number of hydrogen-bond acceptors (Lipinski definition) is 6. The maximum atomic E-state index is 8.46. The maximum Gasteiger partial charge on any atom is 0.182 e. The Balaban J connectivity index is 2.15. The third-order valence-corrected chi connectivity index (χ3v) is 3.21. The van der Waals surface area contributed by atoms with Crippen LogP contribution in [-0.2, 0) is 0 Å². The van der Waals surface area contributed by atoms with E-state index in [1.54, 1.807) is 23.6 Å². The lowest BCUT2D eigenvalue weighted by Gasteiger charge is -2.02. The van der Waals surface area contributed by atoms with E-state index in [0.717, 1.165) is 8.79 Å². The van der Waals surface area contributed by atoms with Gasteiger partial charge < -0.3 is 5.32 Å². The Morgan fingerprint density at radius 3 is 2.81 bits per heavy atom. The van der Waals surface area contributed by atoms with E-state index >= 15 is 0 Å². The number of anilines is 3. The average molecular weight is 296 g/mol. The first kappa shape index (κ1) is 10.9. The monoisotopic (exact) mass is 295 g/mol. The van der Waals surface area contributed by atoms with E-state index in [1.807, 2.05) is 12.1 Å². The number of hydrogen-bond donors (Lipinski definition) is 2. The van der Waals surface area contributed by atoms with Crippen LogP contribution in [-0.4, -0.2) is 9.97 Å². The van der Waals surface area contributed by atoms with E-state index in [2.05, 4.69) is 36.5 Å². The molecule has 2 heterocycles. The smallest absolute Gasteiger partial charge is 0.182 e. The van der Waals surface area contributed by atoms with E-state index in [4.69, 9.17) is 5.26 Å². The van der Waals surface area contributed by atoms with E-state index in [1.165, 1.54) is 6.33 Å². The molecular weight excluding hydrogens is 290 g/mol. The molecule has 2 rings (SSSR count). The third kappa shape index (κ3) is 2.68. The molecule has 2 aromatic rings. The van der Waals surface area contributed by atoms with Crippen molar-refractivity contribution in [3.8, 4) is 6.19 Å². The molecule has 80 valence electrons. The van der Waals surface area contributed by atoms with Crippen molar-refractivity contribution >= 4 is 43.9 Å². The van der Waals surface area contributed by atoms with Crippen LogP contribution >= 0.6 is 27.3 Å². The molecule has 7 heteroatoms. The van der Waals surface area contributed by atoms with E-state index in [-0.39, 0.29) is 0 Å². The topological polar surface area (TPSA) is 73.6 Å². The van der Waals surface area contributed by atoms with Gasteiger partial charge in [0.15, 0.2) is 6.19 Å². The molecule has 0 radical (unpaired) electrons. The van der Waals surface area contributed by atoms with Gasteiger partial charge in [0.05, 0.1) is 8.79 Å². The lowest BCUT2D eigenvalue weighted by molar-refractivity contribution is 1.17. The minimum Gasteiger partial charge on any atom is -0.332 e. The van der Waals surface area contributed by atoms with Crippen LogP contribution in [0.2, 0.25) is 0 Å². The minimum atomic E-state index is 0.468. The number of rotatable bonds is 3. The van der Waals surface area contributed by atoms with Crippen molar-refractivity contribution in [3.63, 3.8) is 0 Å². The summed E-state index contributed by atoms with van der Waals surface area (Å²) < 4.78 is 1.04. The maximum absolute atomic E-state index is 8.46. The molecule has 0 spiro atoms. The van der Waals surface area contributed by atoms with E-state index in [9.17, 15) is 0 Å². The van der Waals surface area contributed by atoms with Gasteiger partial charge in [0.2, 0.25) is 0 Å². The zero-order valence-corrected chi connectivity index (χ0v) is 10.3. The molecule has 0 aliphatic heterocycles. The largest absolute Gasteiger partial charge is 0.332 e. The number of nitriles is 1. The zero-order valence-electron chi connectivity index (χ0n) is 7.94. The second kappa shape index (κ2) is 4.92. The summed E-state index contributed by atoms with van der Waals surface area (Å²) in [5, 5.41) is 15.0. The van der Waals surface area contributed by atoms with Gasteiger partial charge in [-0.3, -0.25) is 5.32 Å². The van der Waals surface area contributed by atoms with Crippen LogP contribution in [0.5, 0.6) is 0 Å². The summed E-state index contributed by atoms with van der Waals surface area (Å²) in [5.74, 6) is 1.11. The van der Waals surface area contributed by atoms with Crippen molar-refractivity contribution in [2.75, 3.05) is 10.6 Å². The standard InChI is InChI=1S/C9H6BrN5S/c10-6-1-2-9(16-6)15-8-3-7(12-4-11)13-5-14-8/h1-3,5H,(H2,12,13,14,15). The molecule has 2 aromatic heterocycles. The highest BCUT2D eigenvalue weighted by Gasteiger charge is 2.01. The average Bonchev–Trinajstić information content (AvgIpc) is 2.65. The van der Waals surface area contributed by atoms with Crippen molar-refractivity contribution in [2.45, 2.75) is 0 Å². The molecule has 2 N–H and O–H groups in total. The summed E-state index contributed by atoms with van der Waals surface area (Å²) in [7, 11) is 0. The molecule has 0 saturated carbocycles. The molecule has 0 unspecified atom stereocenters. The van der Waals surface area contributed by atoms with Crippen LogP contribution in [0.1, 0.15) is 0 Å². The fourth-order valence-electron chi connectivity index (χ4n) is 1.06. The van der Waals surface area contributed by atoms with Crippen LogP contribution < -0.4 is 10.6 Å². The lowest BCUT2D eigenvalue weighted by atomic mass is 10.5. The normalized spacial score (nSPS) is 9.50. The summed E-state index contributed by atoms with van der Waals surface area (Å²) in [6.45, 7) is 0.